The van der Waals surface area contributed by atoms with Crippen molar-refractivity contribution in [1.82, 2.24) is 14.6 Å². The molecule has 0 amide bonds. The minimum atomic E-state index is -3.26. The number of aromatic nitrogens is 1. The van der Waals surface area contributed by atoms with Crippen molar-refractivity contribution in [3.8, 4) is 0 Å². The minimum Gasteiger partial charge on any atom is -0.382 e. The Labute approximate surface area is 211 Å². The largest absolute Gasteiger partial charge is 0.382 e. The van der Waals surface area contributed by atoms with Gasteiger partial charge < -0.3 is 16.0 Å². The van der Waals surface area contributed by atoms with Gasteiger partial charge in [-0.1, -0.05) is 42.9 Å². The maximum absolute atomic E-state index is 13.1. The Morgan fingerprint density at radius 2 is 1.88 bits per heavy atom. The standard InChI is InChI=1S/C23H34ClN5O3S2/c1-14(2)13-34(31,32)28-17-8-6-16(7-9-17)26-23-27-22(25)21(33-23)20(30)18-10-5-15(11-19(18)24)12-29(3)4/h5,10-11,14,16-17,28H,6-9,12-13,25H2,1-4H3,(H,26,27). The number of hydrogen-bond donors (Lipinski definition) is 3. The van der Waals surface area contributed by atoms with E-state index >= 15 is 0 Å². The highest BCUT2D eigenvalue weighted by atomic mass is 35.5. The van der Waals surface area contributed by atoms with Gasteiger partial charge in [0.05, 0.1) is 10.8 Å². The second kappa shape index (κ2) is 11.3. The average molecular weight is 528 g/mol. The SMILES string of the molecule is CC(C)CS(=O)(=O)NC1CCC(Nc2nc(N)c(C(=O)c3ccc(CN(C)C)cc3Cl)s2)CC1. The number of thiazole rings is 1. The van der Waals surface area contributed by atoms with Gasteiger partial charge in [0.2, 0.25) is 15.8 Å². The second-order valence-corrected chi connectivity index (χ2v) is 12.8. The van der Waals surface area contributed by atoms with Crippen LogP contribution < -0.4 is 15.8 Å². The van der Waals surface area contributed by atoms with Crippen LogP contribution in [0.1, 0.15) is 60.3 Å². The van der Waals surface area contributed by atoms with E-state index < -0.39 is 10.0 Å². The first-order chi connectivity index (χ1) is 15.9. The summed E-state index contributed by atoms with van der Waals surface area (Å²) in [6.07, 6.45) is 3.10. The van der Waals surface area contributed by atoms with Crippen LogP contribution in [-0.2, 0) is 16.6 Å². The normalized spacial score (nSPS) is 19.0. The maximum Gasteiger partial charge on any atom is 0.212 e. The quantitative estimate of drug-likeness (QED) is 0.400. The fourth-order valence-electron chi connectivity index (χ4n) is 4.16. The molecule has 3 rings (SSSR count). The van der Waals surface area contributed by atoms with Gasteiger partial charge in [-0.05, 0) is 63.4 Å². The number of rotatable bonds is 10. The molecule has 1 aliphatic rings. The van der Waals surface area contributed by atoms with Crippen molar-refractivity contribution in [3.05, 3.63) is 39.2 Å². The zero-order chi connectivity index (χ0) is 25.0. The van der Waals surface area contributed by atoms with Gasteiger partial charge in [0, 0.05) is 24.2 Å². The topological polar surface area (TPSA) is 117 Å². The summed E-state index contributed by atoms with van der Waals surface area (Å²) in [6.45, 7) is 4.52. The predicted molar refractivity (Wildman–Crippen MR) is 140 cm³/mol. The molecule has 0 bridgehead atoms. The zero-order valence-electron chi connectivity index (χ0n) is 20.1. The van der Waals surface area contributed by atoms with Crippen molar-refractivity contribution >= 4 is 49.7 Å². The summed E-state index contributed by atoms with van der Waals surface area (Å²) >= 11 is 7.62. The Balaban J connectivity index is 1.60. The van der Waals surface area contributed by atoms with Crippen molar-refractivity contribution in [3.63, 3.8) is 0 Å². The highest BCUT2D eigenvalue weighted by Crippen LogP contribution is 2.32. The number of carbonyl (C=O) groups is 1. The van der Waals surface area contributed by atoms with Crippen LogP contribution in [0, 0.1) is 5.92 Å². The molecule has 0 aliphatic heterocycles. The number of benzene rings is 1. The lowest BCUT2D eigenvalue weighted by molar-refractivity contribution is 0.104. The van der Waals surface area contributed by atoms with Crippen LogP contribution in [0.5, 0.6) is 0 Å². The first-order valence-electron chi connectivity index (χ1n) is 11.4. The van der Waals surface area contributed by atoms with Gasteiger partial charge in [-0.2, -0.15) is 0 Å². The van der Waals surface area contributed by atoms with Crippen molar-refractivity contribution in [1.29, 1.82) is 0 Å². The number of carbonyl (C=O) groups excluding carboxylic acids is 1. The van der Waals surface area contributed by atoms with Gasteiger partial charge in [0.1, 0.15) is 10.7 Å². The van der Waals surface area contributed by atoms with E-state index in [1.165, 1.54) is 11.3 Å². The minimum absolute atomic E-state index is 0.0436. The highest BCUT2D eigenvalue weighted by Gasteiger charge is 2.27. The number of anilines is 2. The Kier molecular flexibility index (Phi) is 8.97. The lowest BCUT2D eigenvalue weighted by atomic mass is 9.92. The molecule has 8 nitrogen and oxygen atoms in total. The Bertz CT molecular complexity index is 1110. The summed E-state index contributed by atoms with van der Waals surface area (Å²) in [5.41, 5.74) is 7.50. The molecule has 1 aromatic heterocycles. The molecule has 4 N–H and O–H groups in total. The number of nitrogens with two attached hydrogens (primary N) is 1. The third-order valence-corrected chi connectivity index (χ3v) is 8.70. The summed E-state index contributed by atoms with van der Waals surface area (Å²) in [5, 5.41) is 4.35. The molecule has 2 aromatic rings. The first-order valence-corrected chi connectivity index (χ1v) is 14.3. The summed E-state index contributed by atoms with van der Waals surface area (Å²) in [4.78, 5) is 19.8. The summed E-state index contributed by atoms with van der Waals surface area (Å²) in [5.74, 6) is 0.172. The van der Waals surface area contributed by atoms with E-state index in [4.69, 9.17) is 17.3 Å². The Hall–Kier alpha value is -1.72. The lowest BCUT2D eigenvalue weighted by Crippen LogP contribution is -2.41. The smallest absolute Gasteiger partial charge is 0.212 e. The predicted octanol–water partition coefficient (Wildman–Crippen LogP) is 3.97. The molecule has 1 fully saturated rings. The third kappa shape index (κ3) is 7.39. The van der Waals surface area contributed by atoms with E-state index in [9.17, 15) is 13.2 Å². The zero-order valence-corrected chi connectivity index (χ0v) is 22.5. The fraction of sp³-hybridized carbons (Fsp3) is 0.565. The van der Waals surface area contributed by atoms with Crippen molar-refractivity contribution in [2.24, 2.45) is 5.92 Å². The third-order valence-electron chi connectivity index (χ3n) is 5.59. The lowest BCUT2D eigenvalue weighted by Gasteiger charge is -2.29. The fourth-order valence-corrected chi connectivity index (χ4v) is 7.08. The summed E-state index contributed by atoms with van der Waals surface area (Å²) in [6, 6.07) is 5.53. The van der Waals surface area contributed by atoms with E-state index in [1.807, 2.05) is 38.9 Å². The second-order valence-electron chi connectivity index (χ2n) is 9.60. The number of nitrogen functional groups attached to an aromatic ring is 1. The number of ketones is 1. The van der Waals surface area contributed by atoms with Crippen LogP contribution in [0.2, 0.25) is 5.02 Å². The van der Waals surface area contributed by atoms with Gasteiger partial charge in [0.25, 0.3) is 0 Å². The maximum atomic E-state index is 13.1. The molecule has 1 aromatic carbocycles. The van der Waals surface area contributed by atoms with E-state index in [0.717, 1.165) is 37.8 Å². The van der Waals surface area contributed by atoms with E-state index in [-0.39, 0.29) is 35.4 Å². The first kappa shape index (κ1) is 26.9. The van der Waals surface area contributed by atoms with Crippen molar-refractivity contribution in [2.45, 2.75) is 58.2 Å². The average Bonchev–Trinajstić information content (AvgIpc) is 3.07. The number of nitrogens with one attached hydrogen (secondary N) is 2. The van der Waals surface area contributed by atoms with Gasteiger partial charge in [-0.15, -0.1) is 0 Å². The van der Waals surface area contributed by atoms with Crippen LogP contribution in [0.3, 0.4) is 0 Å². The van der Waals surface area contributed by atoms with Gasteiger partial charge in [-0.3, -0.25) is 4.79 Å². The molecule has 0 atom stereocenters. The molecule has 11 heteroatoms. The van der Waals surface area contributed by atoms with E-state index in [1.54, 1.807) is 12.1 Å². The Morgan fingerprint density at radius 1 is 1.24 bits per heavy atom. The number of sulfonamides is 1. The molecule has 188 valence electrons. The van der Waals surface area contributed by atoms with Crippen LogP contribution in [0.15, 0.2) is 18.2 Å². The van der Waals surface area contributed by atoms with E-state index in [0.29, 0.717) is 20.6 Å². The monoisotopic (exact) mass is 527 g/mol. The molecule has 0 radical (unpaired) electrons. The molecule has 34 heavy (non-hydrogen) atoms. The number of hydrogen-bond acceptors (Lipinski definition) is 8. The Morgan fingerprint density at radius 3 is 2.47 bits per heavy atom. The molecule has 0 spiro atoms. The molecule has 1 aliphatic carbocycles. The van der Waals surface area contributed by atoms with Crippen LogP contribution in [-0.4, -0.2) is 56.0 Å². The number of halogens is 1. The van der Waals surface area contributed by atoms with Gasteiger partial charge in [0.15, 0.2) is 5.13 Å². The highest BCUT2D eigenvalue weighted by molar-refractivity contribution is 7.89. The molecule has 0 saturated heterocycles. The molecule has 1 heterocycles. The molecule has 1 saturated carbocycles. The summed E-state index contributed by atoms with van der Waals surface area (Å²) < 4.78 is 27.2. The van der Waals surface area contributed by atoms with Crippen molar-refractivity contribution < 1.29 is 13.2 Å². The van der Waals surface area contributed by atoms with Crippen LogP contribution in [0.25, 0.3) is 0 Å². The molecule has 0 unspecified atom stereocenters. The van der Waals surface area contributed by atoms with Gasteiger partial charge >= 0.3 is 0 Å². The van der Waals surface area contributed by atoms with Crippen LogP contribution >= 0.6 is 22.9 Å². The molecular weight excluding hydrogens is 494 g/mol. The molecular formula is C23H34ClN5O3S2. The van der Waals surface area contributed by atoms with Crippen LogP contribution in [0.4, 0.5) is 10.9 Å². The summed E-state index contributed by atoms with van der Waals surface area (Å²) in [7, 11) is 0.684. The number of nitrogens with zero attached hydrogens (tertiary/aromatic N) is 2. The van der Waals surface area contributed by atoms with E-state index in [2.05, 4.69) is 15.0 Å². The van der Waals surface area contributed by atoms with Crippen molar-refractivity contribution in [2.75, 3.05) is 30.9 Å². The van der Waals surface area contributed by atoms with Gasteiger partial charge in [-0.25, -0.2) is 18.1 Å².